The van der Waals surface area contributed by atoms with Crippen molar-refractivity contribution in [1.29, 1.82) is 0 Å². The molecule has 0 spiro atoms. The molecule has 0 saturated carbocycles. The van der Waals surface area contributed by atoms with Crippen LogP contribution < -0.4 is 10.6 Å². The molecule has 1 unspecified atom stereocenters. The van der Waals surface area contributed by atoms with Crippen molar-refractivity contribution >= 4 is 45.6 Å². The molecule has 0 saturated heterocycles. The zero-order valence-electron chi connectivity index (χ0n) is 14.9. The van der Waals surface area contributed by atoms with Crippen LogP contribution in [0, 0.1) is 0 Å². The van der Waals surface area contributed by atoms with Gasteiger partial charge >= 0.3 is 0 Å². The number of ketones is 1. The van der Waals surface area contributed by atoms with Crippen molar-refractivity contribution in [2.75, 3.05) is 10.6 Å². The molecule has 25 heavy (non-hydrogen) atoms. The maximum absolute atomic E-state index is 12.4. The van der Waals surface area contributed by atoms with Gasteiger partial charge in [0.05, 0.1) is 10.9 Å². The van der Waals surface area contributed by atoms with Crippen molar-refractivity contribution in [1.82, 2.24) is 10.2 Å². The predicted molar refractivity (Wildman–Crippen MR) is 104 cm³/mol. The summed E-state index contributed by atoms with van der Waals surface area (Å²) in [4.78, 5) is 24.1. The van der Waals surface area contributed by atoms with Gasteiger partial charge in [-0.2, -0.15) is 0 Å². The Morgan fingerprint density at radius 2 is 1.88 bits per heavy atom. The molecule has 8 heteroatoms. The van der Waals surface area contributed by atoms with Crippen molar-refractivity contribution in [2.45, 2.75) is 49.7 Å². The molecule has 1 amide bonds. The highest BCUT2D eigenvalue weighted by atomic mass is 32.2. The van der Waals surface area contributed by atoms with Crippen LogP contribution in [0.1, 0.15) is 45.0 Å². The highest BCUT2D eigenvalue weighted by Crippen LogP contribution is 2.30. The highest BCUT2D eigenvalue weighted by Gasteiger charge is 2.20. The number of amides is 1. The van der Waals surface area contributed by atoms with E-state index in [1.807, 2.05) is 20.8 Å². The standard InChI is InChI=1S/C17H22N4O2S2/c1-10(22)12-8-6-7-9-13(12)18-14(23)11(2)24-16-21-20-15(25-16)19-17(3,4)5/h6-9,11H,1-5H3,(H,18,23)(H,19,20). The first-order chi connectivity index (χ1) is 11.7. The van der Waals surface area contributed by atoms with Crippen LogP contribution in [0.25, 0.3) is 0 Å². The number of Topliss-reactive ketones (excluding diaryl/α,β-unsaturated/α-hetero) is 1. The van der Waals surface area contributed by atoms with Crippen LogP contribution in [-0.4, -0.2) is 32.7 Å². The van der Waals surface area contributed by atoms with E-state index in [-0.39, 0.29) is 22.5 Å². The van der Waals surface area contributed by atoms with Gasteiger partial charge in [-0.25, -0.2) is 0 Å². The second kappa shape index (κ2) is 7.97. The van der Waals surface area contributed by atoms with Crippen molar-refractivity contribution in [3.05, 3.63) is 29.8 Å². The number of carbonyl (C=O) groups excluding carboxylic acids is 2. The Morgan fingerprint density at radius 1 is 1.20 bits per heavy atom. The summed E-state index contributed by atoms with van der Waals surface area (Å²) in [6.45, 7) is 9.42. The number of carbonyl (C=O) groups is 2. The maximum Gasteiger partial charge on any atom is 0.237 e. The van der Waals surface area contributed by atoms with Crippen LogP contribution in [0.15, 0.2) is 28.6 Å². The Kier molecular flexibility index (Phi) is 6.18. The topological polar surface area (TPSA) is 84.0 Å². The van der Waals surface area contributed by atoms with E-state index in [4.69, 9.17) is 0 Å². The van der Waals surface area contributed by atoms with E-state index in [1.54, 1.807) is 31.2 Å². The molecule has 0 radical (unpaired) electrons. The van der Waals surface area contributed by atoms with Crippen molar-refractivity contribution in [3.8, 4) is 0 Å². The van der Waals surface area contributed by atoms with E-state index in [0.29, 0.717) is 15.6 Å². The summed E-state index contributed by atoms with van der Waals surface area (Å²) in [5, 5.41) is 14.6. The Labute approximate surface area is 155 Å². The average Bonchev–Trinajstić information content (AvgIpc) is 2.92. The van der Waals surface area contributed by atoms with Gasteiger partial charge in [0.15, 0.2) is 10.1 Å². The van der Waals surface area contributed by atoms with E-state index in [0.717, 1.165) is 5.13 Å². The first-order valence-electron chi connectivity index (χ1n) is 7.85. The minimum absolute atomic E-state index is 0.0850. The molecule has 1 heterocycles. The lowest BCUT2D eigenvalue weighted by atomic mass is 10.1. The molecule has 2 rings (SSSR count). The Hall–Kier alpha value is -1.93. The monoisotopic (exact) mass is 378 g/mol. The highest BCUT2D eigenvalue weighted by molar-refractivity contribution is 8.02. The number of anilines is 2. The Morgan fingerprint density at radius 3 is 2.52 bits per heavy atom. The molecule has 1 aromatic carbocycles. The lowest BCUT2D eigenvalue weighted by molar-refractivity contribution is -0.115. The number of thioether (sulfide) groups is 1. The van der Waals surface area contributed by atoms with Gasteiger partial charge in [-0.3, -0.25) is 9.59 Å². The third-order valence-electron chi connectivity index (χ3n) is 3.10. The summed E-state index contributed by atoms with van der Waals surface area (Å²) < 4.78 is 0.717. The molecule has 1 aromatic heterocycles. The first-order valence-corrected chi connectivity index (χ1v) is 9.54. The molecule has 0 aliphatic carbocycles. The summed E-state index contributed by atoms with van der Waals surface area (Å²) in [5.74, 6) is -0.266. The van der Waals surface area contributed by atoms with E-state index >= 15 is 0 Å². The zero-order valence-corrected chi connectivity index (χ0v) is 16.5. The molecule has 0 aliphatic heterocycles. The summed E-state index contributed by atoms with van der Waals surface area (Å²) >= 11 is 2.76. The number of aromatic nitrogens is 2. The molecule has 2 N–H and O–H groups in total. The number of hydrogen-bond donors (Lipinski definition) is 2. The van der Waals surface area contributed by atoms with Crippen molar-refractivity contribution < 1.29 is 9.59 Å². The Bertz CT molecular complexity index is 768. The molecule has 0 fully saturated rings. The minimum atomic E-state index is -0.365. The third-order valence-corrected chi connectivity index (χ3v) is 5.12. The van der Waals surface area contributed by atoms with Crippen molar-refractivity contribution in [2.24, 2.45) is 0 Å². The van der Waals surface area contributed by atoms with Crippen LogP contribution in [-0.2, 0) is 4.79 Å². The van der Waals surface area contributed by atoms with Crippen molar-refractivity contribution in [3.63, 3.8) is 0 Å². The fourth-order valence-electron chi connectivity index (χ4n) is 1.97. The average molecular weight is 379 g/mol. The molecule has 2 aromatic rings. The van der Waals surface area contributed by atoms with Crippen LogP contribution in [0.3, 0.4) is 0 Å². The van der Waals surface area contributed by atoms with E-state index < -0.39 is 0 Å². The van der Waals surface area contributed by atoms with Crippen LogP contribution >= 0.6 is 23.1 Å². The summed E-state index contributed by atoms with van der Waals surface area (Å²) in [6.07, 6.45) is 0. The zero-order chi connectivity index (χ0) is 18.6. The SMILES string of the molecule is CC(=O)c1ccccc1NC(=O)C(C)Sc1nnc(NC(C)(C)C)s1. The molecular weight excluding hydrogens is 356 g/mol. The minimum Gasteiger partial charge on any atom is -0.355 e. The van der Waals surface area contributed by atoms with Gasteiger partial charge in [0.1, 0.15) is 0 Å². The molecule has 6 nitrogen and oxygen atoms in total. The summed E-state index contributed by atoms with van der Waals surface area (Å²) in [7, 11) is 0. The number of nitrogens with zero attached hydrogens (tertiary/aromatic N) is 2. The predicted octanol–water partition coefficient (Wildman–Crippen LogP) is 4.07. The van der Waals surface area contributed by atoms with Gasteiger partial charge < -0.3 is 10.6 Å². The number of nitrogens with one attached hydrogen (secondary N) is 2. The number of benzene rings is 1. The number of para-hydroxylation sites is 1. The Balaban J connectivity index is 2.00. The number of hydrogen-bond acceptors (Lipinski definition) is 7. The first kappa shape index (κ1) is 19.4. The summed E-state index contributed by atoms with van der Waals surface area (Å²) in [6, 6.07) is 6.98. The fraction of sp³-hybridized carbons (Fsp3) is 0.412. The van der Waals surface area contributed by atoms with E-state index in [9.17, 15) is 9.59 Å². The lowest BCUT2D eigenvalue weighted by Gasteiger charge is -2.18. The lowest BCUT2D eigenvalue weighted by Crippen LogP contribution is -2.25. The molecule has 0 aliphatic rings. The van der Waals surface area contributed by atoms with Crippen LogP contribution in [0.5, 0.6) is 0 Å². The van der Waals surface area contributed by atoms with Gasteiger partial charge in [-0.05, 0) is 46.8 Å². The van der Waals surface area contributed by atoms with Gasteiger partial charge in [-0.1, -0.05) is 35.2 Å². The van der Waals surface area contributed by atoms with Crippen LogP contribution in [0.4, 0.5) is 10.8 Å². The number of rotatable bonds is 6. The fourth-order valence-corrected chi connectivity index (χ4v) is 4.07. The van der Waals surface area contributed by atoms with Crippen LogP contribution in [0.2, 0.25) is 0 Å². The second-order valence-electron chi connectivity index (χ2n) is 6.60. The molecular formula is C17H22N4O2S2. The molecule has 1 atom stereocenters. The quantitative estimate of drug-likeness (QED) is 0.582. The smallest absolute Gasteiger partial charge is 0.237 e. The second-order valence-corrected chi connectivity index (χ2v) is 9.16. The maximum atomic E-state index is 12.4. The molecule has 0 bridgehead atoms. The van der Waals surface area contributed by atoms with E-state index in [1.165, 1.54) is 30.0 Å². The van der Waals surface area contributed by atoms with Gasteiger partial charge in [0.2, 0.25) is 11.0 Å². The normalized spacial score (nSPS) is 12.5. The van der Waals surface area contributed by atoms with Gasteiger partial charge in [0.25, 0.3) is 0 Å². The third kappa shape index (κ3) is 5.82. The largest absolute Gasteiger partial charge is 0.355 e. The van der Waals surface area contributed by atoms with Gasteiger partial charge in [-0.15, -0.1) is 10.2 Å². The van der Waals surface area contributed by atoms with E-state index in [2.05, 4.69) is 20.8 Å². The molecule has 134 valence electrons. The summed E-state index contributed by atoms with van der Waals surface area (Å²) in [5.41, 5.74) is 0.932. The van der Waals surface area contributed by atoms with Gasteiger partial charge in [0, 0.05) is 11.1 Å².